The molecule has 84 valence electrons. The fourth-order valence-electron chi connectivity index (χ4n) is 1.08. The second-order valence-electron chi connectivity index (χ2n) is 3.14. The van der Waals surface area contributed by atoms with Crippen LogP contribution in [-0.4, -0.2) is 22.2 Å². The maximum absolute atomic E-state index is 10.7. The van der Waals surface area contributed by atoms with E-state index in [4.69, 9.17) is 10.2 Å². The molecule has 0 heterocycles. The van der Waals surface area contributed by atoms with Gasteiger partial charge in [-0.05, 0) is 19.8 Å². The lowest BCUT2D eigenvalue weighted by Crippen LogP contribution is -2.11. The van der Waals surface area contributed by atoms with Crippen LogP contribution in [0, 0.1) is 5.92 Å². The summed E-state index contributed by atoms with van der Waals surface area (Å²) in [4.78, 5) is 21.0. The predicted molar refractivity (Wildman–Crippen MR) is 56.6 cm³/mol. The number of rotatable bonds is 7. The van der Waals surface area contributed by atoms with E-state index < -0.39 is 17.9 Å². The van der Waals surface area contributed by atoms with Crippen LogP contribution < -0.4 is 0 Å². The third-order valence-electron chi connectivity index (χ3n) is 1.87. The van der Waals surface area contributed by atoms with Crippen molar-refractivity contribution >= 4 is 11.9 Å². The lowest BCUT2D eigenvalue weighted by atomic mass is 10.0. The third-order valence-corrected chi connectivity index (χ3v) is 1.87. The van der Waals surface area contributed by atoms with E-state index in [9.17, 15) is 9.59 Å². The van der Waals surface area contributed by atoms with Gasteiger partial charge in [-0.2, -0.15) is 0 Å². The van der Waals surface area contributed by atoms with E-state index in [0.717, 1.165) is 0 Å². The first-order valence-electron chi connectivity index (χ1n) is 4.82. The van der Waals surface area contributed by atoms with E-state index in [1.807, 2.05) is 6.92 Å². The summed E-state index contributed by atoms with van der Waals surface area (Å²) in [5.41, 5.74) is 0. The summed E-state index contributed by atoms with van der Waals surface area (Å²) in [7, 11) is 0. The molecule has 2 N–H and O–H groups in total. The number of allylic oxidation sites excluding steroid dienone is 3. The number of hydrogen-bond donors (Lipinski definition) is 2. The molecule has 0 aliphatic carbocycles. The van der Waals surface area contributed by atoms with Gasteiger partial charge in [-0.3, -0.25) is 9.59 Å². The van der Waals surface area contributed by atoms with Crippen LogP contribution in [0.1, 0.15) is 26.2 Å². The van der Waals surface area contributed by atoms with Crippen molar-refractivity contribution in [1.29, 1.82) is 0 Å². The number of carboxylic acids is 2. The van der Waals surface area contributed by atoms with Crippen molar-refractivity contribution in [3.8, 4) is 0 Å². The number of carbonyl (C=O) groups is 2. The Morgan fingerprint density at radius 3 is 2.40 bits per heavy atom. The molecule has 4 heteroatoms. The van der Waals surface area contributed by atoms with Gasteiger partial charge in [-0.25, -0.2) is 0 Å². The predicted octanol–water partition coefficient (Wildman–Crippen LogP) is 2.07. The molecule has 15 heavy (non-hydrogen) atoms. The Morgan fingerprint density at radius 2 is 1.93 bits per heavy atom. The monoisotopic (exact) mass is 212 g/mol. The van der Waals surface area contributed by atoms with Crippen LogP contribution in [0.5, 0.6) is 0 Å². The lowest BCUT2D eigenvalue weighted by Gasteiger charge is -2.05. The summed E-state index contributed by atoms with van der Waals surface area (Å²) in [6.45, 7) is 1.84. The minimum atomic E-state index is -0.916. The maximum atomic E-state index is 10.7. The lowest BCUT2D eigenvalue weighted by molar-refractivity contribution is -0.141. The Bertz CT molecular complexity index is 266. The molecule has 0 bridgehead atoms. The fraction of sp³-hybridized carbons (Fsp3) is 0.455. The molecule has 0 rings (SSSR count). The second kappa shape index (κ2) is 7.79. The van der Waals surface area contributed by atoms with E-state index in [0.29, 0.717) is 12.8 Å². The van der Waals surface area contributed by atoms with Crippen molar-refractivity contribution in [2.24, 2.45) is 5.92 Å². The Balaban J connectivity index is 4.05. The Hall–Kier alpha value is -1.58. The molecule has 0 amide bonds. The quantitative estimate of drug-likeness (QED) is 0.633. The van der Waals surface area contributed by atoms with E-state index in [2.05, 4.69) is 0 Å². The Morgan fingerprint density at radius 1 is 1.27 bits per heavy atom. The molecule has 0 spiro atoms. The zero-order chi connectivity index (χ0) is 11.7. The second-order valence-corrected chi connectivity index (χ2v) is 3.14. The molecule has 1 atom stereocenters. The van der Waals surface area contributed by atoms with Gasteiger partial charge in [-0.1, -0.05) is 24.3 Å². The summed E-state index contributed by atoms with van der Waals surface area (Å²) in [5, 5.41) is 17.2. The minimum absolute atomic E-state index is 0.0151. The highest BCUT2D eigenvalue weighted by Gasteiger charge is 2.13. The molecular weight excluding hydrogens is 196 g/mol. The number of aliphatic carboxylic acids is 2. The number of carboxylic acid groups (broad SMARTS) is 2. The average molecular weight is 212 g/mol. The highest BCUT2D eigenvalue weighted by atomic mass is 16.4. The van der Waals surface area contributed by atoms with Crippen molar-refractivity contribution in [1.82, 2.24) is 0 Å². The summed E-state index contributed by atoms with van der Waals surface area (Å²) >= 11 is 0. The third kappa shape index (κ3) is 7.49. The Kier molecular flexibility index (Phi) is 6.97. The van der Waals surface area contributed by atoms with Crippen molar-refractivity contribution in [2.45, 2.75) is 26.2 Å². The molecule has 0 saturated carbocycles. The standard InChI is InChI=1S/C11H16O4/c1-2-3-4-6-9(11(14)15)7-5-8-10(12)13/h2-4,6,9H,5,7-8H2,1H3,(H,12,13)(H,14,15). The Labute approximate surface area is 88.9 Å². The van der Waals surface area contributed by atoms with Crippen LogP contribution >= 0.6 is 0 Å². The fourth-order valence-corrected chi connectivity index (χ4v) is 1.08. The molecular formula is C11H16O4. The SMILES string of the molecule is CC=CC=CC(CCCC(=O)O)C(=O)O. The largest absolute Gasteiger partial charge is 0.481 e. The molecule has 0 aliphatic heterocycles. The van der Waals surface area contributed by atoms with Gasteiger partial charge in [0.25, 0.3) is 0 Å². The maximum Gasteiger partial charge on any atom is 0.310 e. The van der Waals surface area contributed by atoms with Gasteiger partial charge >= 0.3 is 11.9 Å². The summed E-state index contributed by atoms with van der Waals surface area (Å²) in [5.74, 6) is -2.40. The van der Waals surface area contributed by atoms with Gasteiger partial charge in [-0.15, -0.1) is 0 Å². The normalized spacial score (nSPS) is 13.4. The molecule has 0 saturated heterocycles. The summed E-state index contributed by atoms with van der Waals surface area (Å²) < 4.78 is 0. The first-order valence-corrected chi connectivity index (χ1v) is 4.82. The van der Waals surface area contributed by atoms with Gasteiger partial charge in [0.15, 0.2) is 0 Å². The van der Waals surface area contributed by atoms with Crippen molar-refractivity contribution in [3.05, 3.63) is 24.3 Å². The molecule has 4 nitrogen and oxygen atoms in total. The van der Waals surface area contributed by atoms with Gasteiger partial charge < -0.3 is 10.2 Å². The first-order chi connectivity index (χ1) is 7.07. The van der Waals surface area contributed by atoms with Crippen LogP contribution in [-0.2, 0) is 9.59 Å². The summed E-state index contributed by atoms with van der Waals surface area (Å²) in [6, 6.07) is 0. The topological polar surface area (TPSA) is 74.6 Å². The zero-order valence-electron chi connectivity index (χ0n) is 8.72. The molecule has 0 radical (unpaired) electrons. The van der Waals surface area contributed by atoms with E-state index in [1.54, 1.807) is 24.3 Å². The molecule has 0 aromatic carbocycles. The van der Waals surface area contributed by atoms with Crippen LogP contribution in [0.4, 0.5) is 0 Å². The van der Waals surface area contributed by atoms with Gasteiger partial charge in [0.1, 0.15) is 0 Å². The molecule has 0 aliphatic rings. The van der Waals surface area contributed by atoms with Crippen LogP contribution in [0.25, 0.3) is 0 Å². The zero-order valence-corrected chi connectivity index (χ0v) is 8.72. The molecule has 0 fully saturated rings. The number of hydrogen-bond acceptors (Lipinski definition) is 2. The average Bonchev–Trinajstić information content (AvgIpc) is 2.15. The smallest absolute Gasteiger partial charge is 0.310 e. The van der Waals surface area contributed by atoms with Gasteiger partial charge in [0.05, 0.1) is 5.92 Å². The van der Waals surface area contributed by atoms with Crippen LogP contribution in [0.15, 0.2) is 24.3 Å². The van der Waals surface area contributed by atoms with Crippen LogP contribution in [0.3, 0.4) is 0 Å². The highest BCUT2D eigenvalue weighted by molar-refractivity contribution is 5.72. The highest BCUT2D eigenvalue weighted by Crippen LogP contribution is 2.10. The van der Waals surface area contributed by atoms with Gasteiger partial charge in [0, 0.05) is 6.42 Å². The summed E-state index contributed by atoms with van der Waals surface area (Å²) in [6.07, 6.45) is 7.53. The van der Waals surface area contributed by atoms with E-state index in [1.165, 1.54) is 0 Å². The van der Waals surface area contributed by atoms with Crippen molar-refractivity contribution in [3.63, 3.8) is 0 Å². The molecule has 1 unspecified atom stereocenters. The van der Waals surface area contributed by atoms with E-state index >= 15 is 0 Å². The van der Waals surface area contributed by atoms with Crippen molar-refractivity contribution < 1.29 is 19.8 Å². The van der Waals surface area contributed by atoms with Crippen molar-refractivity contribution in [2.75, 3.05) is 0 Å². The van der Waals surface area contributed by atoms with Gasteiger partial charge in [0.2, 0.25) is 0 Å². The van der Waals surface area contributed by atoms with Crippen LogP contribution in [0.2, 0.25) is 0 Å². The molecule has 0 aromatic heterocycles. The first kappa shape index (κ1) is 13.4. The van der Waals surface area contributed by atoms with E-state index in [-0.39, 0.29) is 6.42 Å². The minimum Gasteiger partial charge on any atom is -0.481 e. The molecule has 0 aromatic rings.